The molecule has 0 spiro atoms. The first-order valence-electron chi connectivity index (χ1n) is 10.2. The van der Waals surface area contributed by atoms with Crippen LogP contribution >= 0.6 is 7.82 Å². The summed E-state index contributed by atoms with van der Waals surface area (Å²) in [4.78, 5) is 4.64. The zero-order valence-corrected chi connectivity index (χ0v) is 19.2. The maximum absolute atomic E-state index is 13.0. The second-order valence-corrected chi connectivity index (χ2v) is 11.0. The fourth-order valence-corrected chi connectivity index (χ4v) is 5.13. The van der Waals surface area contributed by atoms with E-state index in [0.717, 1.165) is 23.9 Å². The highest BCUT2D eigenvalue weighted by Crippen LogP contribution is 2.55. The van der Waals surface area contributed by atoms with E-state index in [1.165, 1.54) is 17.5 Å². The summed E-state index contributed by atoms with van der Waals surface area (Å²) in [6.45, 7) is 11.1. The molecule has 2 aromatic rings. The molecule has 1 aliphatic carbocycles. The first-order valence-corrected chi connectivity index (χ1v) is 11.7. The molecule has 0 N–H and O–H groups in total. The van der Waals surface area contributed by atoms with E-state index in [1.54, 1.807) is 0 Å². The predicted octanol–water partition coefficient (Wildman–Crippen LogP) is 5.20. The van der Waals surface area contributed by atoms with Crippen molar-refractivity contribution < 1.29 is 18.1 Å². The van der Waals surface area contributed by atoms with Crippen LogP contribution in [-0.4, -0.2) is 33.0 Å². The van der Waals surface area contributed by atoms with E-state index in [4.69, 9.17) is 13.6 Å². The number of rotatable bonds is 7. The zero-order valence-electron chi connectivity index (χ0n) is 18.3. The fourth-order valence-electron chi connectivity index (χ4n) is 3.30. The third-order valence-corrected chi connectivity index (χ3v) is 6.32. The van der Waals surface area contributed by atoms with E-state index < -0.39 is 19.0 Å². The molecule has 0 bridgehead atoms. The third kappa shape index (κ3) is 6.54. The Labute approximate surface area is 173 Å². The summed E-state index contributed by atoms with van der Waals surface area (Å²) < 4.78 is 29.9. The van der Waals surface area contributed by atoms with Crippen LogP contribution in [0, 0.1) is 0 Å². The standard InChI is InChI=1S/C21H32N3O4P/c1-20(2,3)27-29(25,28-21(4,5)6)26-12-8-11-19-22-17-13-15-9-7-10-16(15)14-18(17)23-24-19/h13-14H,7-12H2,1-6H3. The molecule has 0 fully saturated rings. The molecule has 0 saturated heterocycles. The largest absolute Gasteiger partial charge is 0.475 e. The average Bonchev–Trinajstić information content (AvgIpc) is 3.00. The molecule has 7 nitrogen and oxygen atoms in total. The van der Waals surface area contributed by atoms with Crippen LogP contribution in [0.2, 0.25) is 0 Å². The number of hydrogen-bond donors (Lipinski definition) is 0. The van der Waals surface area contributed by atoms with Gasteiger partial charge in [0, 0.05) is 6.42 Å². The van der Waals surface area contributed by atoms with Crippen LogP contribution < -0.4 is 0 Å². The van der Waals surface area contributed by atoms with E-state index in [0.29, 0.717) is 18.7 Å². The highest BCUT2D eigenvalue weighted by Gasteiger charge is 2.36. The topological polar surface area (TPSA) is 83.4 Å². The van der Waals surface area contributed by atoms with Crippen LogP contribution in [0.5, 0.6) is 0 Å². The van der Waals surface area contributed by atoms with Crippen molar-refractivity contribution in [2.75, 3.05) is 6.61 Å². The highest BCUT2D eigenvalue weighted by atomic mass is 31.2. The number of hydrogen-bond acceptors (Lipinski definition) is 7. The predicted molar refractivity (Wildman–Crippen MR) is 113 cm³/mol. The van der Waals surface area contributed by atoms with Gasteiger partial charge in [0.2, 0.25) is 0 Å². The molecular weight excluding hydrogens is 389 g/mol. The van der Waals surface area contributed by atoms with Gasteiger partial charge in [-0.2, -0.15) is 0 Å². The van der Waals surface area contributed by atoms with Gasteiger partial charge in [-0.05, 0) is 90.5 Å². The summed E-state index contributed by atoms with van der Waals surface area (Å²) in [5, 5.41) is 8.56. The number of benzene rings is 1. The molecule has 3 rings (SSSR count). The number of phosphoric acid groups is 1. The summed E-state index contributed by atoms with van der Waals surface area (Å²) >= 11 is 0. The second-order valence-electron chi connectivity index (χ2n) is 9.48. The van der Waals surface area contributed by atoms with Crippen molar-refractivity contribution in [3.05, 3.63) is 29.1 Å². The summed E-state index contributed by atoms with van der Waals surface area (Å²) in [5.74, 6) is 0.655. The molecule has 8 heteroatoms. The molecule has 1 aliphatic rings. The number of aryl methyl sites for hydroxylation is 3. The van der Waals surface area contributed by atoms with E-state index in [1.807, 2.05) is 41.5 Å². The van der Waals surface area contributed by atoms with Crippen LogP contribution in [0.25, 0.3) is 11.0 Å². The van der Waals surface area contributed by atoms with Crippen molar-refractivity contribution >= 4 is 18.9 Å². The maximum atomic E-state index is 13.0. The van der Waals surface area contributed by atoms with Gasteiger partial charge in [-0.3, -0.25) is 13.6 Å². The van der Waals surface area contributed by atoms with E-state index in [2.05, 4.69) is 27.3 Å². The summed E-state index contributed by atoms with van der Waals surface area (Å²) in [6.07, 6.45) is 4.57. The summed E-state index contributed by atoms with van der Waals surface area (Å²) in [7, 11) is -3.69. The minimum absolute atomic E-state index is 0.217. The minimum Gasteiger partial charge on any atom is -0.287 e. The Morgan fingerprint density at radius 1 is 0.931 bits per heavy atom. The molecule has 0 amide bonds. The van der Waals surface area contributed by atoms with Crippen molar-refractivity contribution in [2.45, 2.75) is 84.8 Å². The lowest BCUT2D eigenvalue weighted by Crippen LogP contribution is -2.24. The molecule has 0 unspecified atom stereocenters. The van der Waals surface area contributed by atoms with Crippen molar-refractivity contribution in [2.24, 2.45) is 0 Å². The lowest BCUT2D eigenvalue weighted by Gasteiger charge is -2.30. The van der Waals surface area contributed by atoms with Crippen LogP contribution in [0.1, 0.15) is 71.3 Å². The lowest BCUT2D eigenvalue weighted by molar-refractivity contribution is 0.00312. The zero-order chi connectivity index (χ0) is 21.3. The molecule has 29 heavy (non-hydrogen) atoms. The summed E-state index contributed by atoms with van der Waals surface area (Å²) in [6, 6.07) is 4.24. The SMILES string of the molecule is CC(C)(C)OP(=O)(OCCCc1nnc2cc3c(cc2n1)CCC3)OC(C)(C)C. The minimum atomic E-state index is -3.69. The Kier molecular flexibility index (Phi) is 6.44. The molecule has 160 valence electrons. The Morgan fingerprint density at radius 2 is 1.52 bits per heavy atom. The van der Waals surface area contributed by atoms with Crippen molar-refractivity contribution in [1.29, 1.82) is 0 Å². The van der Waals surface area contributed by atoms with Crippen molar-refractivity contribution in [3.8, 4) is 0 Å². The van der Waals surface area contributed by atoms with Gasteiger partial charge in [-0.25, -0.2) is 9.55 Å². The van der Waals surface area contributed by atoms with Gasteiger partial charge in [0.05, 0.1) is 23.3 Å². The van der Waals surface area contributed by atoms with E-state index in [9.17, 15) is 4.57 Å². The van der Waals surface area contributed by atoms with Gasteiger partial charge >= 0.3 is 7.82 Å². The molecular formula is C21H32N3O4P. The monoisotopic (exact) mass is 421 g/mol. The van der Waals surface area contributed by atoms with Crippen LogP contribution in [0.4, 0.5) is 0 Å². The van der Waals surface area contributed by atoms with Gasteiger partial charge in [0.15, 0.2) is 5.82 Å². The Morgan fingerprint density at radius 3 is 2.10 bits per heavy atom. The maximum Gasteiger partial charge on any atom is 0.475 e. The lowest BCUT2D eigenvalue weighted by atomic mass is 10.1. The normalized spacial score (nSPS) is 15.1. The molecule has 0 saturated carbocycles. The smallest absolute Gasteiger partial charge is 0.287 e. The average molecular weight is 421 g/mol. The van der Waals surface area contributed by atoms with E-state index in [-0.39, 0.29) is 6.61 Å². The number of aromatic nitrogens is 3. The first-order chi connectivity index (χ1) is 13.4. The molecule has 1 aromatic carbocycles. The fraction of sp³-hybridized carbons (Fsp3) is 0.667. The Balaban J connectivity index is 1.60. The molecule has 0 aliphatic heterocycles. The number of phosphoric ester groups is 1. The third-order valence-electron chi connectivity index (χ3n) is 4.28. The van der Waals surface area contributed by atoms with Gasteiger partial charge in [0.1, 0.15) is 5.52 Å². The number of fused-ring (bicyclic) bond motifs is 2. The summed E-state index contributed by atoms with van der Waals surface area (Å²) in [5.41, 5.74) is 3.16. The van der Waals surface area contributed by atoms with Crippen molar-refractivity contribution in [3.63, 3.8) is 0 Å². The molecule has 1 aromatic heterocycles. The van der Waals surface area contributed by atoms with Gasteiger partial charge in [0.25, 0.3) is 0 Å². The Bertz CT molecular complexity index is 899. The van der Waals surface area contributed by atoms with Crippen LogP contribution in [0.3, 0.4) is 0 Å². The first kappa shape index (κ1) is 22.3. The van der Waals surface area contributed by atoms with E-state index >= 15 is 0 Å². The quantitative estimate of drug-likeness (QED) is 0.449. The van der Waals surface area contributed by atoms with Gasteiger partial charge in [-0.1, -0.05) is 0 Å². The highest BCUT2D eigenvalue weighted by molar-refractivity contribution is 7.48. The molecule has 0 radical (unpaired) electrons. The van der Waals surface area contributed by atoms with Crippen LogP contribution in [0.15, 0.2) is 12.1 Å². The van der Waals surface area contributed by atoms with Crippen molar-refractivity contribution in [1.82, 2.24) is 15.2 Å². The second kappa shape index (κ2) is 8.38. The van der Waals surface area contributed by atoms with Crippen LogP contribution in [-0.2, 0) is 37.4 Å². The Hall–Kier alpha value is -1.40. The number of nitrogens with zero attached hydrogens (tertiary/aromatic N) is 3. The molecule has 1 heterocycles. The van der Waals surface area contributed by atoms with Gasteiger partial charge in [-0.15, -0.1) is 10.2 Å². The molecule has 0 atom stereocenters. The van der Waals surface area contributed by atoms with Gasteiger partial charge < -0.3 is 0 Å².